The molecule has 198 valence electrons. The van der Waals surface area contributed by atoms with Crippen molar-refractivity contribution in [1.29, 1.82) is 0 Å². The van der Waals surface area contributed by atoms with Crippen LogP contribution in [0.1, 0.15) is 37.7 Å². The zero-order chi connectivity index (χ0) is 27.5. The Hall–Kier alpha value is -4.21. The third-order valence-electron chi connectivity index (χ3n) is 8.04. The molecule has 10 nitrogen and oxygen atoms in total. The van der Waals surface area contributed by atoms with E-state index in [0.717, 1.165) is 4.90 Å². The summed E-state index contributed by atoms with van der Waals surface area (Å²) in [4.78, 5) is 65.5. The molecule has 1 fully saturated rings. The van der Waals surface area contributed by atoms with Gasteiger partial charge in [-0.2, -0.15) is 0 Å². The highest BCUT2D eigenvalue weighted by molar-refractivity contribution is 6.23. The van der Waals surface area contributed by atoms with E-state index >= 15 is 0 Å². The van der Waals surface area contributed by atoms with Gasteiger partial charge in [0.15, 0.2) is 11.6 Å². The first kappa shape index (κ1) is 25.4. The molecule has 2 amide bonds. The van der Waals surface area contributed by atoms with Gasteiger partial charge >= 0.3 is 5.97 Å². The summed E-state index contributed by atoms with van der Waals surface area (Å²) in [5.41, 5.74) is 1.67. The number of amides is 2. The Balaban J connectivity index is 1.68. The van der Waals surface area contributed by atoms with E-state index in [4.69, 9.17) is 14.6 Å². The van der Waals surface area contributed by atoms with Gasteiger partial charge in [-0.3, -0.25) is 28.9 Å². The van der Waals surface area contributed by atoms with Crippen LogP contribution in [0.5, 0.6) is 17.2 Å². The molecule has 1 saturated heterocycles. The molecule has 1 aromatic carbocycles. The molecule has 0 saturated carbocycles. The van der Waals surface area contributed by atoms with Gasteiger partial charge in [-0.15, -0.1) is 0 Å². The average molecular weight is 522 g/mol. The summed E-state index contributed by atoms with van der Waals surface area (Å²) in [7, 11) is 2.85. The van der Waals surface area contributed by atoms with Crippen LogP contribution in [0.2, 0.25) is 0 Å². The van der Waals surface area contributed by atoms with Crippen LogP contribution in [0.15, 0.2) is 46.6 Å². The number of aliphatic carboxylic acids is 1. The standard InChI is InChI=1S/C28H27NO9/c1-12-8-18(30)23-17(26(12)34)11-16-14(24(23)25-19(31)9-13(37-2)10-20(25)38-3)4-5-15-22(16)28(36)29(27(15)35)7-6-21(32)33/h4,8-10,15-16,22,24,31H,5-7,11H2,1-3H3,(H,32,33). The summed E-state index contributed by atoms with van der Waals surface area (Å²) in [5.74, 6) is -5.34. The van der Waals surface area contributed by atoms with Gasteiger partial charge in [-0.05, 0) is 31.8 Å². The zero-order valence-corrected chi connectivity index (χ0v) is 21.1. The molecule has 5 rings (SSSR count). The van der Waals surface area contributed by atoms with Crippen molar-refractivity contribution in [2.45, 2.75) is 32.1 Å². The third kappa shape index (κ3) is 3.74. The summed E-state index contributed by atoms with van der Waals surface area (Å²) in [6.07, 6.45) is 3.02. The number of hydrogen-bond acceptors (Lipinski definition) is 8. The lowest BCUT2D eigenvalue weighted by atomic mass is 9.59. The summed E-state index contributed by atoms with van der Waals surface area (Å²) >= 11 is 0. The molecule has 10 heteroatoms. The third-order valence-corrected chi connectivity index (χ3v) is 8.04. The first-order chi connectivity index (χ1) is 18.1. The molecule has 4 atom stereocenters. The maximum Gasteiger partial charge on any atom is 0.305 e. The van der Waals surface area contributed by atoms with Crippen molar-refractivity contribution in [2.24, 2.45) is 17.8 Å². The molecule has 0 radical (unpaired) electrons. The van der Waals surface area contributed by atoms with Crippen LogP contribution in [-0.4, -0.2) is 65.2 Å². The van der Waals surface area contributed by atoms with Crippen LogP contribution >= 0.6 is 0 Å². The van der Waals surface area contributed by atoms with Gasteiger partial charge in [0.25, 0.3) is 0 Å². The Bertz CT molecular complexity index is 1400. The SMILES string of the molecule is COc1cc(O)c(C2C3=CCC4C(=O)N(CCC(=O)O)C(=O)C4C3CC3=C2C(=O)C=C(C)C3=O)c(OC)c1. The number of phenolic OH excluding ortho intramolecular Hbond substituents is 1. The van der Waals surface area contributed by atoms with E-state index in [-0.39, 0.29) is 71.2 Å². The molecule has 38 heavy (non-hydrogen) atoms. The second-order valence-electron chi connectivity index (χ2n) is 9.96. The molecule has 1 heterocycles. The Kier molecular flexibility index (Phi) is 6.21. The minimum atomic E-state index is -1.12. The van der Waals surface area contributed by atoms with Crippen LogP contribution < -0.4 is 9.47 Å². The van der Waals surface area contributed by atoms with E-state index in [9.17, 15) is 29.1 Å². The fourth-order valence-corrected chi connectivity index (χ4v) is 6.37. The number of methoxy groups -OCH3 is 2. The van der Waals surface area contributed by atoms with Gasteiger partial charge < -0.3 is 19.7 Å². The number of aromatic hydroxyl groups is 1. The second-order valence-corrected chi connectivity index (χ2v) is 9.96. The number of carboxylic acids is 1. The highest BCUT2D eigenvalue weighted by Gasteiger charge is 2.56. The van der Waals surface area contributed by atoms with Crippen LogP contribution in [-0.2, 0) is 24.0 Å². The number of benzene rings is 1. The number of carboxylic acid groups (broad SMARTS) is 1. The van der Waals surface area contributed by atoms with Crippen molar-refractivity contribution in [1.82, 2.24) is 4.90 Å². The molecule has 4 aliphatic rings. The van der Waals surface area contributed by atoms with E-state index in [1.54, 1.807) is 13.0 Å². The number of phenols is 1. The number of ketones is 2. The number of fused-ring (bicyclic) bond motifs is 3. The van der Waals surface area contributed by atoms with Crippen molar-refractivity contribution < 1.29 is 43.7 Å². The van der Waals surface area contributed by atoms with Crippen LogP contribution in [0, 0.1) is 17.8 Å². The number of likely N-dealkylation sites (tertiary alicyclic amines) is 1. The van der Waals surface area contributed by atoms with Gasteiger partial charge in [-0.25, -0.2) is 0 Å². The number of nitrogens with zero attached hydrogens (tertiary/aromatic N) is 1. The topological polar surface area (TPSA) is 148 Å². The predicted octanol–water partition coefficient (Wildman–Crippen LogP) is 2.31. The van der Waals surface area contributed by atoms with Gasteiger partial charge in [-0.1, -0.05) is 11.6 Å². The molecule has 1 aliphatic heterocycles. The van der Waals surface area contributed by atoms with Crippen molar-refractivity contribution in [2.75, 3.05) is 20.8 Å². The highest BCUT2D eigenvalue weighted by atomic mass is 16.5. The van der Waals surface area contributed by atoms with E-state index in [1.165, 1.54) is 26.4 Å². The number of carbonyl (C=O) groups is 5. The Morgan fingerprint density at radius 2 is 1.82 bits per heavy atom. The van der Waals surface area contributed by atoms with E-state index in [0.29, 0.717) is 11.3 Å². The lowest BCUT2D eigenvalue weighted by Gasteiger charge is -2.42. The van der Waals surface area contributed by atoms with Crippen LogP contribution in [0.25, 0.3) is 0 Å². The first-order valence-corrected chi connectivity index (χ1v) is 12.3. The largest absolute Gasteiger partial charge is 0.507 e. The smallest absolute Gasteiger partial charge is 0.305 e. The van der Waals surface area contributed by atoms with Crippen LogP contribution in [0.3, 0.4) is 0 Å². The Labute approximate surface area is 218 Å². The zero-order valence-electron chi connectivity index (χ0n) is 21.1. The number of hydrogen-bond donors (Lipinski definition) is 2. The fourth-order valence-electron chi connectivity index (χ4n) is 6.37. The molecular formula is C28H27NO9. The predicted molar refractivity (Wildman–Crippen MR) is 132 cm³/mol. The Morgan fingerprint density at radius 3 is 2.47 bits per heavy atom. The minimum Gasteiger partial charge on any atom is -0.507 e. The number of ether oxygens (including phenoxy) is 2. The van der Waals surface area contributed by atoms with E-state index in [2.05, 4.69) is 0 Å². The monoisotopic (exact) mass is 521 g/mol. The number of rotatable bonds is 6. The maximum absolute atomic E-state index is 13.5. The number of imide groups is 1. The van der Waals surface area contributed by atoms with Crippen molar-refractivity contribution in [3.63, 3.8) is 0 Å². The summed E-state index contributed by atoms with van der Waals surface area (Å²) < 4.78 is 10.8. The lowest BCUT2D eigenvalue weighted by molar-refractivity contribution is -0.142. The summed E-state index contributed by atoms with van der Waals surface area (Å²) in [6.45, 7) is 1.32. The van der Waals surface area contributed by atoms with Crippen molar-refractivity contribution in [3.05, 3.63) is 52.1 Å². The first-order valence-electron chi connectivity index (χ1n) is 12.3. The molecule has 0 bridgehead atoms. The molecule has 4 unspecified atom stereocenters. The molecule has 2 N–H and O–H groups in total. The quantitative estimate of drug-likeness (QED) is 0.327. The molecule has 3 aliphatic carbocycles. The molecule has 1 aromatic rings. The Morgan fingerprint density at radius 1 is 1.08 bits per heavy atom. The average Bonchev–Trinajstić information content (AvgIpc) is 3.13. The van der Waals surface area contributed by atoms with Gasteiger partial charge in [0, 0.05) is 46.9 Å². The van der Waals surface area contributed by atoms with Crippen molar-refractivity contribution in [3.8, 4) is 17.2 Å². The summed E-state index contributed by atoms with van der Waals surface area (Å²) in [5, 5.41) is 20.2. The van der Waals surface area contributed by atoms with Crippen molar-refractivity contribution >= 4 is 29.4 Å². The van der Waals surface area contributed by atoms with Gasteiger partial charge in [0.2, 0.25) is 11.8 Å². The molecular weight excluding hydrogens is 494 g/mol. The molecule has 0 spiro atoms. The van der Waals surface area contributed by atoms with E-state index in [1.807, 2.05) is 6.08 Å². The molecule has 0 aromatic heterocycles. The number of carbonyl (C=O) groups excluding carboxylic acids is 4. The maximum atomic E-state index is 13.5. The number of allylic oxidation sites excluding steroid dienone is 6. The normalized spacial score (nSPS) is 26.4. The second kappa shape index (κ2) is 9.27. The lowest BCUT2D eigenvalue weighted by Crippen LogP contribution is -2.40. The number of Topliss-reactive ketones (excluding diaryl/α,β-unsaturated/α-hetero) is 1. The van der Waals surface area contributed by atoms with Crippen LogP contribution in [0.4, 0.5) is 0 Å². The summed E-state index contributed by atoms with van der Waals surface area (Å²) in [6, 6.07) is 2.96. The van der Waals surface area contributed by atoms with Gasteiger partial charge in [0.05, 0.1) is 32.5 Å². The minimum absolute atomic E-state index is 0.0829. The van der Waals surface area contributed by atoms with E-state index < -0.39 is 41.5 Å². The highest BCUT2D eigenvalue weighted by Crippen LogP contribution is 2.57. The fraction of sp³-hybridized carbons (Fsp3) is 0.393. The van der Waals surface area contributed by atoms with Gasteiger partial charge in [0.1, 0.15) is 17.2 Å².